The molecule has 0 N–H and O–H groups in total. The number of nitrogens with zero attached hydrogens (tertiary/aromatic N) is 1. The fourth-order valence-corrected chi connectivity index (χ4v) is 5.19. The molecule has 1 nitrogen and oxygen atoms in total. The van der Waals surface area contributed by atoms with Gasteiger partial charge < -0.3 is 4.90 Å². The van der Waals surface area contributed by atoms with Gasteiger partial charge in [0.05, 0.1) is 0 Å². The molecule has 0 aliphatic rings. The quantitative estimate of drug-likeness (QED) is 0.528. The van der Waals surface area contributed by atoms with Crippen molar-refractivity contribution in [2.24, 2.45) is 0 Å². The summed E-state index contributed by atoms with van der Waals surface area (Å²) in [6.45, 7) is 0. The normalized spacial score (nSPS) is 10.3. The monoisotopic (exact) mass is 302 g/mol. The van der Waals surface area contributed by atoms with Crippen LogP contribution in [0.3, 0.4) is 0 Å². The van der Waals surface area contributed by atoms with Gasteiger partial charge in [-0.05, 0) is 12.1 Å². The Morgan fingerprint density at radius 1 is 0.545 bits per heavy atom. The fourth-order valence-electron chi connectivity index (χ4n) is 2.64. The Morgan fingerprint density at radius 2 is 0.955 bits per heavy atom. The highest BCUT2D eigenvalue weighted by molar-refractivity contribution is 6.95. The summed E-state index contributed by atoms with van der Waals surface area (Å²) >= 11 is 0. The van der Waals surface area contributed by atoms with Crippen molar-refractivity contribution in [2.45, 2.75) is 0 Å². The molecule has 0 atom stereocenters. The Bertz CT molecular complexity index is 666. The van der Waals surface area contributed by atoms with Crippen LogP contribution in [0.5, 0.6) is 0 Å². The zero-order valence-corrected chi connectivity index (χ0v) is 14.0. The first-order chi connectivity index (χ1) is 10.8. The zero-order chi connectivity index (χ0) is 15.4. The van der Waals surface area contributed by atoms with Gasteiger partial charge in [-0.1, -0.05) is 72.8 Å². The standard InChI is InChI=1S/C20H20NSi/c1-21(2)17-13-15-20(16-14-17)22(18-9-5-3-6-10-18)19-11-7-4-8-12-19/h3-16H,1-2H3/q-1. The van der Waals surface area contributed by atoms with E-state index in [0.717, 1.165) is 0 Å². The van der Waals surface area contributed by atoms with E-state index in [4.69, 9.17) is 0 Å². The van der Waals surface area contributed by atoms with Gasteiger partial charge in [-0.2, -0.15) is 15.6 Å². The molecule has 0 unspecified atom stereocenters. The second-order valence-corrected chi connectivity index (χ2v) is 8.03. The molecule has 110 valence electrons. The van der Waals surface area contributed by atoms with Gasteiger partial charge >= 0.3 is 0 Å². The van der Waals surface area contributed by atoms with Crippen LogP contribution in [-0.2, 0) is 0 Å². The highest BCUT2D eigenvalue weighted by atomic mass is 28.3. The van der Waals surface area contributed by atoms with Gasteiger partial charge in [0.1, 0.15) is 0 Å². The second kappa shape index (κ2) is 6.63. The lowest BCUT2D eigenvalue weighted by Gasteiger charge is -2.34. The molecule has 0 amide bonds. The Hall–Kier alpha value is -2.32. The molecule has 22 heavy (non-hydrogen) atoms. The van der Waals surface area contributed by atoms with Crippen LogP contribution >= 0.6 is 0 Å². The van der Waals surface area contributed by atoms with Gasteiger partial charge in [-0.15, -0.1) is 0 Å². The number of benzene rings is 3. The average Bonchev–Trinajstić information content (AvgIpc) is 2.57. The highest BCUT2D eigenvalue weighted by Gasteiger charge is 2.02. The van der Waals surface area contributed by atoms with Crippen molar-refractivity contribution in [1.29, 1.82) is 0 Å². The largest absolute Gasteiger partial charge is 0.378 e. The van der Waals surface area contributed by atoms with E-state index >= 15 is 0 Å². The molecular formula is C20H20NSi-. The second-order valence-electron chi connectivity index (χ2n) is 5.55. The van der Waals surface area contributed by atoms with E-state index in [9.17, 15) is 0 Å². The average molecular weight is 302 g/mol. The van der Waals surface area contributed by atoms with Crippen LogP contribution in [0.15, 0.2) is 84.9 Å². The van der Waals surface area contributed by atoms with Crippen LogP contribution in [0.1, 0.15) is 0 Å². The molecule has 3 aromatic rings. The van der Waals surface area contributed by atoms with Crippen LogP contribution in [0.2, 0.25) is 0 Å². The first-order valence-electron chi connectivity index (χ1n) is 7.51. The van der Waals surface area contributed by atoms with Gasteiger partial charge in [0.15, 0.2) is 0 Å². The Kier molecular flexibility index (Phi) is 4.40. The fraction of sp³-hybridized carbons (Fsp3) is 0.100. The molecule has 0 bridgehead atoms. The lowest BCUT2D eigenvalue weighted by molar-refractivity contribution is 1.13. The van der Waals surface area contributed by atoms with Crippen molar-refractivity contribution in [3.05, 3.63) is 84.9 Å². The summed E-state index contributed by atoms with van der Waals surface area (Å²) < 4.78 is 0. The summed E-state index contributed by atoms with van der Waals surface area (Å²) in [4.78, 5) is 2.14. The minimum Gasteiger partial charge on any atom is -0.378 e. The summed E-state index contributed by atoms with van der Waals surface area (Å²) in [5.41, 5.74) is 1.24. The maximum absolute atomic E-state index is 2.28. The molecule has 0 heterocycles. The molecule has 0 fully saturated rings. The van der Waals surface area contributed by atoms with Crippen molar-refractivity contribution in [1.82, 2.24) is 0 Å². The molecule has 0 saturated heterocycles. The molecule has 0 aliphatic carbocycles. The van der Waals surface area contributed by atoms with E-state index in [2.05, 4.69) is 104 Å². The van der Waals surface area contributed by atoms with Crippen LogP contribution in [0, 0.1) is 0 Å². The zero-order valence-electron chi connectivity index (χ0n) is 13.0. The smallest absolute Gasteiger partial charge is 0.0359 e. The van der Waals surface area contributed by atoms with Crippen LogP contribution in [-0.4, -0.2) is 22.9 Å². The summed E-state index contributed by atoms with van der Waals surface area (Å²) in [5.74, 6) is 0. The van der Waals surface area contributed by atoms with E-state index in [0.29, 0.717) is 0 Å². The Morgan fingerprint density at radius 3 is 1.36 bits per heavy atom. The number of anilines is 1. The molecular weight excluding hydrogens is 282 g/mol. The molecule has 3 rings (SSSR count). The summed E-state index contributed by atoms with van der Waals surface area (Å²) in [6.07, 6.45) is 0. The van der Waals surface area contributed by atoms with Gasteiger partial charge in [0.25, 0.3) is 0 Å². The topological polar surface area (TPSA) is 3.24 Å². The molecule has 0 aromatic heterocycles. The molecule has 0 aliphatic heterocycles. The first-order valence-corrected chi connectivity index (χ1v) is 9.01. The Labute approximate surface area is 134 Å². The van der Waals surface area contributed by atoms with Crippen LogP contribution in [0.25, 0.3) is 0 Å². The predicted molar refractivity (Wildman–Crippen MR) is 98.3 cm³/mol. The molecule has 0 saturated carbocycles. The third-order valence-corrected chi connectivity index (χ3v) is 6.53. The van der Waals surface area contributed by atoms with E-state index < -0.39 is 8.80 Å². The number of hydrogen-bond donors (Lipinski definition) is 0. The summed E-state index contributed by atoms with van der Waals surface area (Å²) in [6, 6.07) is 30.7. The minimum atomic E-state index is -0.938. The van der Waals surface area contributed by atoms with Crippen LogP contribution < -0.4 is 20.5 Å². The van der Waals surface area contributed by atoms with E-state index in [-0.39, 0.29) is 0 Å². The Balaban J connectivity index is 2.06. The van der Waals surface area contributed by atoms with Crippen molar-refractivity contribution in [3.8, 4) is 0 Å². The van der Waals surface area contributed by atoms with Gasteiger partial charge in [0, 0.05) is 19.8 Å². The molecule has 2 heteroatoms. The number of hydrogen-bond acceptors (Lipinski definition) is 1. The van der Waals surface area contributed by atoms with Crippen molar-refractivity contribution < 1.29 is 0 Å². The SMILES string of the molecule is CN(C)c1ccc([Si-](c2ccccc2)c2ccccc2)cc1. The van der Waals surface area contributed by atoms with E-state index in [1.54, 1.807) is 0 Å². The lowest BCUT2D eigenvalue weighted by Crippen LogP contribution is -2.51. The number of rotatable bonds is 4. The maximum Gasteiger partial charge on any atom is 0.0359 e. The molecule has 0 spiro atoms. The van der Waals surface area contributed by atoms with E-state index in [1.807, 2.05) is 0 Å². The third kappa shape index (κ3) is 3.12. The minimum absolute atomic E-state index is 0.938. The third-order valence-electron chi connectivity index (χ3n) is 3.80. The lowest BCUT2D eigenvalue weighted by atomic mass is 10.3. The van der Waals surface area contributed by atoms with Gasteiger partial charge in [0.2, 0.25) is 0 Å². The van der Waals surface area contributed by atoms with Crippen molar-refractivity contribution in [2.75, 3.05) is 19.0 Å². The maximum atomic E-state index is 2.28. The predicted octanol–water partition coefficient (Wildman–Crippen LogP) is 2.27. The molecule has 0 radical (unpaired) electrons. The summed E-state index contributed by atoms with van der Waals surface area (Å²) in [7, 11) is 3.22. The first kappa shape index (κ1) is 14.6. The molecule has 3 aromatic carbocycles. The van der Waals surface area contributed by atoms with Gasteiger partial charge in [-0.3, -0.25) is 0 Å². The summed E-state index contributed by atoms with van der Waals surface area (Å²) in [5, 5.41) is 4.28. The van der Waals surface area contributed by atoms with E-state index in [1.165, 1.54) is 21.2 Å². The highest BCUT2D eigenvalue weighted by Crippen LogP contribution is 2.08. The van der Waals surface area contributed by atoms with Crippen LogP contribution in [0.4, 0.5) is 5.69 Å². The van der Waals surface area contributed by atoms with Crippen molar-refractivity contribution >= 4 is 30.0 Å². The van der Waals surface area contributed by atoms with Crippen molar-refractivity contribution in [3.63, 3.8) is 0 Å². The van der Waals surface area contributed by atoms with Gasteiger partial charge in [-0.25, -0.2) is 8.80 Å².